The fourth-order valence-electron chi connectivity index (χ4n) is 1.90. The van der Waals surface area contributed by atoms with E-state index in [1.807, 2.05) is 42.2 Å². The number of hydrogen-bond acceptors (Lipinski definition) is 3. The highest BCUT2D eigenvalue weighted by molar-refractivity contribution is 7.99. The molecule has 0 spiro atoms. The van der Waals surface area contributed by atoms with Crippen molar-refractivity contribution in [1.29, 1.82) is 0 Å². The molecule has 18 heavy (non-hydrogen) atoms. The van der Waals surface area contributed by atoms with E-state index in [1.165, 1.54) is 0 Å². The molecular weight excluding hydrogens is 242 g/mol. The Kier molecular flexibility index (Phi) is 4.61. The first-order chi connectivity index (χ1) is 8.72. The Labute approximate surface area is 112 Å². The molecule has 0 radical (unpaired) electrons. The largest absolute Gasteiger partial charge is 0.388 e. The van der Waals surface area contributed by atoms with Crippen molar-refractivity contribution in [1.82, 2.24) is 4.98 Å². The molecule has 2 unspecified atom stereocenters. The molecule has 2 atom stereocenters. The normalized spacial score (nSPS) is 14.6. The maximum Gasteiger partial charge on any atom is 0.0886 e. The number of aliphatic hydroxyl groups is 1. The van der Waals surface area contributed by atoms with Gasteiger partial charge in [-0.3, -0.25) is 4.98 Å². The van der Waals surface area contributed by atoms with Gasteiger partial charge >= 0.3 is 0 Å². The van der Waals surface area contributed by atoms with Gasteiger partial charge in [-0.15, -0.1) is 0 Å². The van der Waals surface area contributed by atoms with Crippen LogP contribution >= 0.6 is 11.8 Å². The van der Waals surface area contributed by atoms with Crippen LogP contribution in [0.1, 0.15) is 31.9 Å². The summed E-state index contributed by atoms with van der Waals surface area (Å²) in [5.41, 5.74) is 1.01. The Morgan fingerprint density at radius 1 is 1.33 bits per heavy atom. The van der Waals surface area contributed by atoms with Crippen LogP contribution in [0.4, 0.5) is 0 Å². The number of nitrogens with zero attached hydrogens (tertiary/aromatic N) is 1. The molecule has 0 saturated heterocycles. The van der Waals surface area contributed by atoms with Crippen LogP contribution in [0.5, 0.6) is 0 Å². The number of rotatable bonds is 5. The first kappa shape index (κ1) is 13.4. The molecule has 2 aromatic rings. The zero-order valence-corrected chi connectivity index (χ0v) is 11.7. The minimum Gasteiger partial charge on any atom is -0.388 e. The van der Waals surface area contributed by atoms with Gasteiger partial charge in [0.1, 0.15) is 0 Å². The summed E-state index contributed by atoms with van der Waals surface area (Å²) in [4.78, 5) is 4.11. The highest BCUT2D eigenvalue weighted by atomic mass is 32.2. The molecule has 1 N–H and O–H groups in total. The quantitative estimate of drug-likeness (QED) is 0.888. The van der Waals surface area contributed by atoms with Crippen LogP contribution in [-0.4, -0.2) is 21.1 Å². The molecule has 96 valence electrons. The number of thioether (sulfide) groups is 1. The van der Waals surface area contributed by atoms with Crippen LogP contribution in [0.15, 0.2) is 36.7 Å². The number of pyridine rings is 1. The first-order valence-electron chi connectivity index (χ1n) is 6.34. The third kappa shape index (κ3) is 3.03. The Balaban J connectivity index is 2.19. The van der Waals surface area contributed by atoms with E-state index in [2.05, 4.69) is 18.8 Å². The lowest BCUT2D eigenvalue weighted by atomic mass is 10.0. The summed E-state index contributed by atoms with van der Waals surface area (Å²) in [5.74, 6) is 0.746. The van der Waals surface area contributed by atoms with Crippen LogP contribution < -0.4 is 0 Å². The van der Waals surface area contributed by atoms with E-state index in [9.17, 15) is 5.11 Å². The molecule has 2 rings (SSSR count). The van der Waals surface area contributed by atoms with E-state index in [0.717, 1.165) is 28.5 Å². The average molecular weight is 261 g/mol. The Morgan fingerprint density at radius 3 is 2.94 bits per heavy atom. The van der Waals surface area contributed by atoms with Crippen LogP contribution in [0.2, 0.25) is 0 Å². The highest BCUT2D eigenvalue weighted by Gasteiger charge is 2.12. The van der Waals surface area contributed by atoms with Crippen molar-refractivity contribution in [3.05, 3.63) is 42.2 Å². The van der Waals surface area contributed by atoms with Crippen LogP contribution in [-0.2, 0) is 0 Å². The van der Waals surface area contributed by atoms with Gasteiger partial charge in [0.2, 0.25) is 0 Å². The summed E-state index contributed by atoms with van der Waals surface area (Å²) < 4.78 is 0. The van der Waals surface area contributed by atoms with E-state index in [-0.39, 0.29) is 0 Å². The first-order valence-corrected chi connectivity index (χ1v) is 7.39. The smallest absolute Gasteiger partial charge is 0.0886 e. The number of benzene rings is 1. The van der Waals surface area contributed by atoms with Crippen molar-refractivity contribution in [2.24, 2.45) is 0 Å². The second-order valence-electron chi connectivity index (χ2n) is 4.51. The molecule has 1 aromatic carbocycles. The predicted octanol–water partition coefficient (Wildman–Crippen LogP) is 3.80. The zero-order chi connectivity index (χ0) is 13.0. The highest BCUT2D eigenvalue weighted by Crippen LogP contribution is 2.27. The lowest BCUT2D eigenvalue weighted by molar-refractivity contribution is 0.205. The summed E-state index contributed by atoms with van der Waals surface area (Å²) in [6, 6.07) is 7.99. The predicted molar refractivity (Wildman–Crippen MR) is 78.9 cm³/mol. The molecule has 0 saturated carbocycles. The van der Waals surface area contributed by atoms with Crippen LogP contribution in [0.25, 0.3) is 10.8 Å². The molecule has 0 aliphatic rings. The standard InChI is InChI=1S/C15H19NOS/c1-3-11(2)18-10-15(17)14-6-4-5-12-9-16-8-7-13(12)14/h4-9,11,15,17H,3,10H2,1-2H3. The van der Waals surface area contributed by atoms with Gasteiger partial charge in [-0.2, -0.15) is 11.8 Å². The number of fused-ring (bicyclic) bond motifs is 1. The van der Waals surface area contributed by atoms with Gasteiger partial charge < -0.3 is 5.11 Å². The molecule has 1 aromatic heterocycles. The maximum atomic E-state index is 10.3. The van der Waals surface area contributed by atoms with Crippen LogP contribution in [0, 0.1) is 0 Å². The van der Waals surface area contributed by atoms with E-state index in [1.54, 1.807) is 6.20 Å². The van der Waals surface area contributed by atoms with Crippen molar-refractivity contribution < 1.29 is 5.11 Å². The number of aliphatic hydroxyl groups excluding tert-OH is 1. The zero-order valence-electron chi connectivity index (χ0n) is 10.8. The fraction of sp³-hybridized carbons (Fsp3) is 0.400. The maximum absolute atomic E-state index is 10.3. The lowest BCUT2D eigenvalue weighted by Gasteiger charge is -2.15. The molecule has 0 fully saturated rings. The van der Waals surface area contributed by atoms with Gasteiger partial charge in [0, 0.05) is 28.8 Å². The molecule has 0 aliphatic carbocycles. The van der Waals surface area contributed by atoms with Crippen LogP contribution in [0.3, 0.4) is 0 Å². The summed E-state index contributed by atoms with van der Waals surface area (Å²) in [7, 11) is 0. The molecular formula is C15H19NOS. The van der Waals surface area contributed by atoms with Gasteiger partial charge in [0.05, 0.1) is 6.10 Å². The average Bonchev–Trinajstić information content (AvgIpc) is 2.43. The third-order valence-electron chi connectivity index (χ3n) is 3.19. The summed E-state index contributed by atoms with van der Waals surface area (Å²) in [6.07, 6.45) is 4.35. The van der Waals surface area contributed by atoms with Crippen molar-refractivity contribution >= 4 is 22.5 Å². The Morgan fingerprint density at radius 2 is 2.17 bits per heavy atom. The summed E-state index contributed by atoms with van der Waals surface area (Å²) in [6.45, 7) is 4.37. The Bertz CT molecular complexity index is 509. The SMILES string of the molecule is CCC(C)SCC(O)c1cccc2cnccc12. The van der Waals surface area contributed by atoms with Gasteiger partial charge in [-0.05, 0) is 23.4 Å². The van der Waals surface area contributed by atoms with E-state index in [0.29, 0.717) is 5.25 Å². The topological polar surface area (TPSA) is 33.1 Å². The van der Waals surface area contributed by atoms with Crippen molar-refractivity contribution in [2.45, 2.75) is 31.6 Å². The molecule has 3 heteroatoms. The minimum absolute atomic E-state index is 0.407. The molecule has 0 bridgehead atoms. The number of hydrogen-bond donors (Lipinski definition) is 1. The van der Waals surface area contributed by atoms with Crippen molar-refractivity contribution in [3.8, 4) is 0 Å². The van der Waals surface area contributed by atoms with E-state index in [4.69, 9.17) is 0 Å². The third-order valence-corrected chi connectivity index (χ3v) is 4.60. The van der Waals surface area contributed by atoms with Crippen molar-refractivity contribution in [3.63, 3.8) is 0 Å². The molecule has 1 heterocycles. The van der Waals surface area contributed by atoms with Gasteiger partial charge in [-0.25, -0.2) is 0 Å². The fourth-order valence-corrected chi connectivity index (χ4v) is 2.83. The van der Waals surface area contributed by atoms with E-state index >= 15 is 0 Å². The second-order valence-corrected chi connectivity index (χ2v) is 5.98. The minimum atomic E-state index is -0.407. The van der Waals surface area contributed by atoms with Gasteiger partial charge in [-0.1, -0.05) is 32.0 Å². The molecule has 0 aliphatic heterocycles. The molecule has 2 nitrogen and oxygen atoms in total. The van der Waals surface area contributed by atoms with Gasteiger partial charge in [0.15, 0.2) is 0 Å². The van der Waals surface area contributed by atoms with E-state index < -0.39 is 6.10 Å². The van der Waals surface area contributed by atoms with Crippen molar-refractivity contribution in [2.75, 3.05) is 5.75 Å². The Hall–Kier alpha value is -1.06. The molecule has 0 amide bonds. The lowest BCUT2D eigenvalue weighted by Crippen LogP contribution is -2.05. The van der Waals surface area contributed by atoms with Gasteiger partial charge in [0.25, 0.3) is 0 Å². The number of aromatic nitrogens is 1. The summed E-state index contributed by atoms with van der Waals surface area (Å²) in [5, 5.41) is 13.1. The summed E-state index contributed by atoms with van der Waals surface area (Å²) >= 11 is 1.82. The monoisotopic (exact) mass is 261 g/mol. The second kappa shape index (κ2) is 6.21.